The van der Waals surface area contributed by atoms with Gasteiger partial charge in [-0.05, 0) is 23.9 Å². The Labute approximate surface area is 95.3 Å². The molecule has 2 rings (SSSR count). The highest BCUT2D eigenvalue weighted by molar-refractivity contribution is 7.99. The molecule has 0 bridgehead atoms. The van der Waals surface area contributed by atoms with Gasteiger partial charge in [-0.2, -0.15) is 0 Å². The Hall–Kier alpha value is -1.86. The van der Waals surface area contributed by atoms with Crippen LogP contribution < -0.4 is 16.8 Å². The highest BCUT2D eigenvalue weighted by Crippen LogP contribution is 2.22. The van der Waals surface area contributed by atoms with Crippen molar-refractivity contribution in [3.63, 3.8) is 0 Å². The number of nitrogen functional groups attached to an aromatic ring is 1. The van der Waals surface area contributed by atoms with Crippen LogP contribution in [0.2, 0.25) is 0 Å². The van der Waals surface area contributed by atoms with Crippen molar-refractivity contribution in [2.75, 3.05) is 5.43 Å². The number of nitrogens with two attached hydrogens (primary N) is 1. The number of nitrogens with zero attached hydrogens (tertiary/aromatic N) is 2. The van der Waals surface area contributed by atoms with E-state index in [4.69, 9.17) is 5.84 Å². The highest BCUT2D eigenvalue weighted by atomic mass is 32.2. The number of hydrazine groups is 1. The summed E-state index contributed by atoms with van der Waals surface area (Å²) < 4.78 is 0. The molecule has 0 spiro atoms. The largest absolute Gasteiger partial charge is 0.308 e. The topological polar surface area (TPSA) is 96.7 Å². The molecule has 0 aliphatic carbocycles. The summed E-state index contributed by atoms with van der Waals surface area (Å²) in [5, 5.41) is 1.19. The van der Waals surface area contributed by atoms with Gasteiger partial charge in [-0.25, -0.2) is 15.8 Å². The summed E-state index contributed by atoms with van der Waals surface area (Å²) in [6.07, 6.45) is 1.45. The van der Waals surface area contributed by atoms with Crippen LogP contribution in [0.15, 0.2) is 45.4 Å². The lowest BCUT2D eigenvalue weighted by Crippen LogP contribution is -2.08. The van der Waals surface area contributed by atoms with Gasteiger partial charge in [-0.1, -0.05) is 6.07 Å². The molecule has 4 N–H and O–H groups in total. The third-order valence-corrected chi connectivity index (χ3v) is 2.56. The summed E-state index contributed by atoms with van der Waals surface area (Å²) >= 11 is 1.26. The number of aromatic nitrogens is 3. The predicted molar refractivity (Wildman–Crippen MR) is 61.0 cm³/mol. The number of nitrogens with one attached hydrogen (secondary N) is 2. The maximum Gasteiger partial charge on any atom is 0.251 e. The number of pyridine rings is 1. The van der Waals surface area contributed by atoms with Crippen LogP contribution in [0, 0.1) is 0 Å². The van der Waals surface area contributed by atoms with Crippen molar-refractivity contribution in [2.45, 2.75) is 10.2 Å². The van der Waals surface area contributed by atoms with Crippen LogP contribution in [0.4, 0.5) is 5.82 Å². The molecule has 0 amide bonds. The molecule has 0 aliphatic heterocycles. The second kappa shape index (κ2) is 4.77. The minimum absolute atomic E-state index is 0.189. The Morgan fingerprint density at radius 3 is 3.00 bits per heavy atom. The summed E-state index contributed by atoms with van der Waals surface area (Å²) in [4.78, 5) is 21.8. The second-order valence-electron chi connectivity index (χ2n) is 2.85. The van der Waals surface area contributed by atoms with Gasteiger partial charge in [0.2, 0.25) is 0 Å². The van der Waals surface area contributed by atoms with Crippen molar-refractivity contribution in [3.05, 3.63) is 40.8 Å². The zero-order valence-corrected chi connectivity index (χ0v) is 8.99. The van der Waals surface area contributed by atoms with Crippen molar-refractivity contribution >= 4 is 17.6 Å². The number of anilines is 1. The summed E-state index contributed by atoms with van der Waals surface area (Å²) in [5.41, 5.74) is 2.26. The quantitative estimate of drug-likeness (QED) is 0.409. The van der Waals surface area contributed by atoms with E-state index < -0.39 is 0 Å². The van der Waals surface area contributed by atoms with E-state index in [0.29, 0.717) is 16.0 Å². The normalized spacial score (nSPS) is 10.1. The Bertz CT molecular complexity index is 541. The van der Waals surface area contributed by atoms with Crippen molar-refractivity contribution in [3.8, 4) is 0 Å². The van der Waals surface area contributed by atoms with Gasteiger partial charge in [0.15, 0.2) is 5.16 Å². The van der Waals surface area contributed by atoms with E-state index in [9.17, 15) is 4.79 Å². The molecule has 0 saturated carbocycles. The van der Waals surface area contributed by atoms with E-state index >= 15 is 0 Å². The molecule has 2 heterocycles. The molecular weight excluding hydrogens is 226 g/mol. The average Bonchev–Trinajstić information content (AvgIpc) is 2.29. The van der Waals surface area contributed by atoms with Crippen molar-refractivity contribution < 1.29 is 0 Å². The first-order valence-corrected chi connectivity index (χ1v) is 5.26. The Kier molecular flexibility index (Phi) is 3.18. The molecule has 0 aromatic carbocycles. The first-order valence-electron chi connectivity index (χ1n) is 4.45. The van der Waals surface area contributed by atoms with Gasteiger partial charge in [0.1, 0.15) is 10.8 Å². The number of hydrogen-bond acceptors (Lipinski definition) is 6. The lowest BCUT2D eigenvalue weighted by atomic mass is 10.5. The summed E-state index contributed by atoms with van der Waals surface area (Å²) in [5.74, 6) is 5.80. The first-order chi connectivity index (χ1) is 7.78. The number of hydrogen-bond donors (Lipinski definition) is 3. The van der Waals surface area contributed by atoms with Crippen LogP contribution >= 0.6 is 11.8 Å². The zero-order valence-electron chi connectivity index (χ0n) is 8.18. The minimum Gasteiger partial charge on any atom is -0.308 e. The molecule has 82 valence electrons. The maximum atomic E-state index is 11.0. The van der Waals surface area contributed by atoms with E-state index in [1.807, 2.05) is 6.07 Å². The maximum absolute atomic E-state index is 11.0. The van der Waals surface area contributed by atoms with Crippen LogP contribution in [0.25, 0.3) is 0 Å². The van der Waals surface area contributed by atoms with Gasteiger partial charge in [0.25, 0.3) is 5.56 Å². The summed E-state index contributed by atoms with van der Waals surface area (Å²) in [6.45, 7) is 0. The molecular formula is C9H9N5OS. The molecule has 0 saturated heterocycles. The molecule has 7 heteroatoms. The lowest BCUT2D eigenvalue weighted by molar-refractivity contribution is 0.932. The van der Waals surface area contributed by atoms with Crippen LogP contribution in [0.5, 0.6) is 0 Å². The molecule has 0 radical (unpaired) electrons. The van der Waals surface area contributed by atoms with Crippen LogP contribution in [-0.4, -0.2) is 15.0 Å². The average molecular weight is 235 g/mol. The third-order valence-electron chi connectivity index (χ3n) is 1.72. The fourth-order valence-electron chi connectivity index (χ4n) is 1.05. The molecule has 0 fully saturated rings. The molecule has 16 heavy (non-hydrogen) atoms. The Morgan fingerprint density at radius 1 is 1.38 bits per heavy atom. The van der Waals surface area contributed by atoms with Gasteiger partial charge >= 0.3 is 0 Å². The predicted octanol–water partition coefficient (Wildman–Crippen LogP) is 0.602. The molecule has 0 atom stereocenters. The molecule has 2 aromatic heterocycles. The van der Waals surface area contributed by atoms with E-state index in [1.54, 1.807) is 12.1 Å². The summed E-state index contributed by atoms with van der Waals surface area (Å²) in [7, 11) is 0. The molecule has 2 aromatic rings. The number of H-pyrrole nitrogens is 1. The Morgan fingerprint density at radius 2 is 2.25 bits per heavy atom. The van der Waals surface area contributed by atoms with Crippen LogP contribution in [-0.2, 0) is 0 Å². The fourth-order valence-corrected chi connectivity index (χ4v) is 1.81. The number of rotatable bonds is 3. The second-order valence-corrected chi connectivity index (χ2v) is 3.86. The third kappa shape index (κ3) is 2.59. The van der Waals surface area contributed by atoms with E-state index in [2.05, 4.69) is 20.4 Å². The van der Waals surface area contributed by atoms with Crippen LogP contribution in [0.1, 0.15) is 0 Å². The highest BCUT2D eigenvalue weighted by Gasteiger charge is 2.01. The van der Waals surface area contributed by atoms with Gasteiger partial charge in [-0.3, -0.25) is 4.79 Å². The van der Waals surface area contributed by atoms with Gasteiger partial charge in [0.05, 0.1) is 0 Å². The first kappa shape index (κ1) is 10.7. The van der Waals surface area contributed by atoms with E-state index in [-0.39, 0.29) is 5.56 Å². The monoisotopic (exact) mass is 235 g/mol. The molecule has 6 nitrogen and oxygen atoms in total. The van der Waals surface area contributed by atoms with Gasteiger partial charge in [0, 0.05) is 12.3 Å². The fraction of sp³-hybridized carbons (Fsp3) is 0. The Balaban J connectivity index is 2.23. The smallest absolute Gasteiger partial charge is 0.251 e. The SMILES string of the molecule is NNc1cccc(Sc2nccc(=O)[nH]2)n1. The molecule has 0 unspecified atom stereocenters. The van der Waals surface area contributed by atoms with E-state index in [1.165, 1.54) is 24.0 Å². The molecule has 0 aliphatic rings. The van der Waals surface area contributed by atoms with Crippen LogP contribution in [0.3, 0.4) is 0 Å². The van der Waals surface area contributed by atoms with Crippen molar-refractivity contribution in [1.82, 2.24) is 15.0 Å². The van der Waals surface area contributed by atoms with E-state index in [0.717, 1.165) is 0 Å². The standard InChI is InChI=1S/C9H9N5OS/c10-14-6-2-1-3-8(12-6)16-9-11-5-4-7(15)13-9/h1-5H,10H2,(H,12,14)(H,11,13,15). The van der Waals surface area contributed by atoms with Gasteiger partial charge < -0.3 is 10.4 Å². The zero-order chi connectivity index (χ0) is 11.4. The summed E-state index contributed by atoms with van der Waals surface area (Å²) in [6, 6.07) is 6.71. The minimum atomic E-state index is -0.189. The van der Waals surface area contributed by atoms with Crippen molar-refractivity contribution in [2.24, 2.45) is 5.84 Å². The number of aromatic amines is 1. The van der Waals surface area contributed by atoms with Gasteiger partial charge in [-0.15, -0.1) is 0 Å². The van der Waals surface area contributed by atoms with Crippen molar-refractivity contribution in [1.29, 1.82) is 0 Å². The lowest BCUT2D eigenvalue weighted by Gasteiger charge is -2.02.